The molecule has 0 aliphatic rings. The number of nitrogens with one attached hydrogen (secondary N) is 1. The van der Waals surface area contributed by atoms with E-state index in [9.17, 15) is 9.18 Å². The summed E-state index contributed by atoms with van der Waals surface area (Å²) < 4.78 is 36.8. The molecule has 0 saturated heterocycles. The first-order valence-electron chi connectivity index (χ1n) is 13.7. The molecule has 43 heavy (non-hydrogen) atoms. The predicted molar refractivity (Wildman–Crippen MR) is 165 cm³/mol. The van der Waals surface area contributed by atoms with Crippen molar-refractivity contribution in [3.05, 3.63) is 137 Å². The first-order valence-corrected chi connectivity index (χ1v) is 13.7. The van der Waals surface area contributed by atoms with Gasteiger partial charge in [-0.3, -0.25) is 4.79 Å². The van der Waals surface area contributed by atoms with Gasteiger partial charge in [-0.2, -0.15) is 0 Å². The third-order valence-corrected chi connectivity index (χ3v) is 7.16. The van der Waals surface area contributed by atoms with E-state index in [4.69, 9.17) is 10.5 Å². The Morgan fingerprint density at radius 1 is 0.907 bits per heavy atom. The van der Waals surface area contributed by atoms with Crippen molar-refractivity contribution < 1.29 is 13.5 Å². The fraction of sp³-hybridized carbons (Fsp3) is 0.0882. The first kappa shape index (κ1) is 27.6. The van der Waals surface area contributed by atoms with Crippen LogP contribution in [0.25, 0.3) is 22.0 Å². The summed E-state index contributed by atoms with van der Waals surface area (Å²) in [5, 5.41) is 3.44. The standard InChI is InChI=1S/C34H27F2N5O2/c1-2-25-29(15-17-38-33(25)37)43-30-13-12-24(18-27(30)36)40-34-31-28(14-16-39-34)41(19-21-6-4-3-5-7-21)20-26(32(31)42)22-8-10-23(35)11-9-22/h3-18,20H,2,19H2,1H3,(H2,37,38)(H,39,40). The van der Waals surface area contributed by atoms with Gasteiger partial charge in [0.1, 0.15) is 23.2 Å². The van der Waals surface area contributed by atoms with Gasteiger partial charge in [0.15, 0.2) is 11.6 Å². The average Bonchev–Trinajstić information content (AvgIpc) is 3.01. The minimum atomic E-state index is -0.615. The van der Waals surface area contributed by atoms with E-state index in [1.165, 1.54) is 30.5 Å². The molecule has 0 unspecified atom stereocenters. The lowest BCUT2D eigenvalue weighted by Crippen LogP contribution is -2.15. The molecule has 0 aliphatic heterocycles. The van der Waals surface area contributed by atoms with Gasteiger partial charge in [0.05, 0.1) is 10.9 Å². The lowest BCUT2D eigenvalue weighted by molar-refractivity contribution is 0.438. The lowest BCUT2D eigenvalue weighted by atomic mass is 10.0. The maximum absolute atomic E-state index is 15.3. The summed E-state index contributed by atoms with van der Waals surface area (Å²) in [6, 6.07) is 23.4. The number of pyridine rings is 3. The lowest BCUT2D eigenvalue weighted by Gasteiger charge is -2.17. The van der Waals surface area contributed by atoms with Gasteiger partial charge < -0.3 is 20.4 Å². The number of nitrogens with two attached hydrogens (primary N) is 1. The molecule has 0 atom stereocenters. The number of benzene rings is 3. The summed E-state index contributed by atoms with van der Waals surface area (Å²) in [6.45, 7) is 2.39. The zero-order valence-electron chi connectivity index (χ0n) is 23.2. The van der Waals surface area contributed by atoms with Gasteiger partial charge >= 0.3 is 0 Å². The Balaban J connectivity index is 1.41. The number of rotatable bonds is 8. The number of fused-ring (bicyclic) bond motifs is 1. The number of ether oxygens (including phenoxy) is 1. The minimum Gasteiger partial charge on any atom is -0.454 e. The molecule has 0 radical (unpaired) electrons. The third-order valence-electron chi connectivity index (χ3n) is 7.16. The van der Waals surface area contributed by atoms with Gasteiger partial charge in [-0.15, -0.1) is 0 Å². The maximum Gasteiger partial charge on any atom is 0.200 e. The van der Waals surface area contributed by atoms with Crippen LogP contribution in [0.2, 0.25) is 0 Å². The molecule has 0 saturated carbocycles. The van der Waals surface area contributed by atoms with Crippen molar-refractivity contribution in [2.75, 3.05) is 11.1 Å². The second-order valence-corrected chi connectivity index (χ2v) is 9.94. The Kier molecular flexibility index (Phi) is 7.53. The topological polar surface area (TPSA) is 95.1 Å². The number of anilines is 3. The van der Waals surface area contributed by atoms with Crippen LogP contribution >= 0.6 is 0 Å². The molecule has 0 bridgehead atoms. The van der Waals surface area contributed by atoms with Crippen molar-refractivity contribution in [2.24, 2.45) is 0 Å². The van der Waals surface area contributed by atoms with Crippen LogP contribution in [0.4, 0.5) is 26.1 Å². The van der Waals surface area contributed by atoms with Crippen LogP contribution in [0.1, 0.15) is 18.1 Å². The monoisotopic (exact) mass is 575 g/mol. The predicted octanol–water partition coefficient (Wildman–Crippen LogP) is 7.47. The molecule has 0 aliphatic carbocycles. The van der Waals surface area contributed by atoms with Crippen LogP contribution < -0.4 is 21.2 Å². The Hall–Kier alpha value is -5.57. The quantitative estimate of drug-likeness (QED) is 0.196. The highest BCUT2D eigenvalue weighted by molar-refractivity contribution is 5.93. The smallest absolute Gasteiger partial charge is 0.200 e. The normalized spacial score (nSPS) is 11.0. The molecule has 6 aromatic rings. The molecule has 3 N–H and O–H groups in total. The fourth-order valence-corrected chi connectivity index (χ4v) is 5.03. The van der Waals surface area contributed by atoms with Crippen LogP contribution in [-0.4, -0.2) is 14.5 Å². The van der Waals surface area contributed by atoms with Crippen molar-refractivity contribution >= 4 is 28.2 Å². The van der Waals surface area contributed by atoms with Crippen LogP contribution in [0.15, 0.2) is 108 Å². The largest absolute Gasteiger partial charge is 0.454 e. The highest BCUT2D eigenvalue weighted by atomic mass is 19.1. The molecule has 9 heteroatoms. The van der Waals surface area contributed by atoms with E-state index in [0.29, 0.717) is 57.8 Å². The Morgan fingerprint density at radius 2 is 1.67 bits per heavy atom. The molecule has 7 nitrogen and oxygen atoms in total. The molecule has 0 spiro atoms. The van der Waals surface area contributed by atoms with E-state index < -0.39 is 11.6 Å². The summed E-state index contributed by atoms with van der Waals surface area (Å²) in [4.78, 5) is 22.5. The maximum atomic E-state index is 15.3. The van der Waals surface area contributed by atoms with Crippen molar-refractivity contribution in [3.63, 3.8) is 0 Å². The van der Waals surface area contributed by atoms with Crippen molar-refractivity contribution in [2.45, 2.75) is 19.9 Å². The average molecular weight is 576 g/mol. The number of aromatic nitrogens is 3. The van der Waals surface area contributed by atoms with Gasteiger partial charge in [0.25, 0.3) is 0 Å². The van der Waals surface area contributed by atoms with E-state index in [-0.39, 0.29) is 17.0 Å². The Labute approximate surface area is 246 Å². The van der Waals surface area contributed by atoms with Gasteiger partial charge in [0.2, 0.25) is 5.43 Å². The number of nitrogen functional groups attached to an aromatic ring is 1. The molecular weight excluding hydrogens is 548 g/mol. The molecular formula is C34H27F2N5O2. The summed E-state index contributed by atoms with van der Waals surface area (Å²) in [7, 11) is 0. The zero-order valence-corrected chi connectivity index (χ0v) is 23.2. The molecule has 3 heterocycles. The van der Waals surface area contributed by atoms with Crippen molar-refractivity contribution in [1.29, 1.82) is 0 Å². The number of hydrogen-bond donors (Lipinski definition) is 2. The van der Waals surface area contributed by atoms with Crippen LogP contribution in [0.5, 0.6) is 11.5 Å². The van der Waals surface area contributed by atoms with Crippen molar-refractivity contribution in [1.82, 2.24) is 14.5 Å². The second kappa shape index (κ2) is 11.7. The van der Waals surface area contributed by atoms with E-state index in [1.54, 1.807) is 42.7 Å². The SMILES string of the molecule is CCc1c(Oc2ccc(Nc3nccc4c3c(=O)c(-c3ccc(F)cc3)cn4Cc3ccccc3)cc2F)ccnc1N. The Morgan fingerprint density at radius 3 is 2.42 bits per heavy atom. The first-order chi connectivity index (χ1) is 20.9. The van der Waals surface area contributed by atoms with E-state index in [0.717, 1.165) is 5.56 Å². The van der Waals surface area contributed by atoms with Crippen LogP contribution in [-0.2, 0) is 13.0 Å². The zero-order chi connectivity index (χ0) is 29.9. The molecule has 3 aromatic carbocycles. The fourth-order valence-electron chi connectivity index (χ4n) is 5.03. The van der Waals surface area contributed by atoms with E-state index >= 15 is 4.39 Å². The highest BCUT2D eigenvalue weighted by Crippen LogP contribution is 2.32. The number of nitrogens with zero attached hydrogens (tertiary/aromatic N) is 3. The Bertz CT molecular complexity index is 1990. The number of halogens is 2. The summed E-state index contributed by atoms with van der Waals surface area (Å²) in [5.74, 6) is 0.0236. The summed E-state index contributed by atoms with van der Waals surface area (Å²) in [6.07, 6.45) is 5.45. The van der Waals surface area contributed by atoms with Gasteiger partial charge in [-0.25, -0.2) is 18.7 Å². The molecule has 0 fully saturated rings. The van der Waals surface area contributed by atoms with E-state index in [1.807, 2.05) is 41.8 Å². The molecule has 3 aromatic heterocycles. The highest BCUT2D eigenvalue weighted by Gasteiger charge is 2.17. The third kappa shape index (κ3) is 5.65. The van der Waals surface area contributed by atoms with E-state index in [2.05, 4.69) is 15.3 Å². The molecule has 6 rings (SSSR count). The second-order valence-electron chi connectivity index (χ2n) is 9.94. The number of hydrogen-bond acceptors (Lipinski definition) is 6. The molecule has 0 amide bonds. The summed E-state index contributed by atoms with van der Waals surface area (Å²) >= 11 is 0. The van der Waals surface area contributed by atoms with Gasteiger partial charge in [-0.05, 0) is 53.9 Å². The summed E-state index contributed by atoms with van der Waals surface area (Å²) in [5.41, 5.74) is 9.35. The van der Waals surface area contributed by atoms with Crippen LogP contribution in [0, 0.1) is 11.6 Å². The van der Waals surface area contributed by atoms with Crippen LogP contribution in [0.3, 0.4) is 0 Å². The van der Waals surface area contributed by atoms with Crippen molar-refractivity contribution in [3.8, 4) is 22.6 Å². The van der Waals surface area contributed by atoms with Gasteiger partial charge in [-0.1, -0.05) is 49.4 Å². The molecule has 214 valence electrons. The minimum absolute atomic E-state index is 0.0144. The van der Waals surface area contributed by atoms with Gasteiger partial charge in [0, 0.05) is 48.0 Å².